The lowest BCUT2D eigenvalue weighted by molar-refractivity contribution is 0.0693. The number of anilines is 1. The summed E-state index contributed by atoms with van der Waals surface area (Å²) in [4.78, 5) is 11.1. The molecule has 0 spiro atoms. The summed E-state index contributed by atoms with van der Waals surface area (Å²) in [5.41, 5.74) is -0.138. The topological polar surface area (TPSA) is 92.7 Å². The van der Waals surface area contributed by atoms with Crippen molar-refractivity contribution in [2.24, 2.45) is 0 Å². The summed E-state index contributed by atoms with van der Waals surface area (Å²) < 4.78 is 32.7. The van der Waals surface area contributed by atoms with Crippen LogP contribution in [0.25, 0.3) is 0 Å². The van der Waals surface area contributed by atoms with Crippen molar-refractivity contribution < 1.29 is 23.1 Å². The van der Waals surface area contributed by atoms with Crippen LogP contribution in [0.3, 0.4) is 0 Å². The Balaban J connectivity index is 2.43. The number of aromatic carboxylic acids is 1. The van der Waals surface area contributed by atoms with Crippen LogP contribution in [0.5, 0.6) is 5.75 Å². The number of carboxylic acid groups (broad SMARTS) is 1. The molecule has 0 atom stereocenters. The number of ether oxygens (including phenoxy) is 1. The Morgan fingerprint density at radius 2 is 1.87 bits per heavy atom. The average molecular weight is 421 g/mol. The fraction of sp³-hybridized carbons (Fsp3) is 0.0714. The number of carboxylic acids is 1. The van der Waals surface area contributed by atoms with Gasteiger partial charge in [0.1, 0.15) is 11.3 Å². The number of benzene rings is 2. The third-order valence-electron chi connectivity index (χ3n) is 2.89. The monoisotopic (exact) mass is 419 g/mol. The third kappa shape index (κ3) is 3.95. The van der Waals surface area contributed by atoms with E-state index in [4.69, 9.17) is 21.4 Å². The zero-order chi connectivity index (χ0) is 17.2. The summed E-state index contributed by atoms with van der Waals surface area (Å²) in [6.07, 6.45) is 0. The van der Waals surface area contributed by atoms with Gasteiger partial charge in [-0.25, -0.2) is 13.2 Å². The zero-order valence-corrected chi connectivity index (χ0v) is 14.9. The summed E-state index contributed by atoms with van der Waals surface area (Å²) in [7, 11) is -2.59. The number of carbonyl (C=O) groups is 1. The molecule has 0 amide bonds. The van der Waals surface area contributed by atoms with Gasteiger partial charge in [-0.05, 0) is 30.3 Å². The average Bonchev–Trinajstić information content (AvgIpc) is 2.49. The quantitative estimate of drug-likeness (QED) is 0.771. The van der Waals surface area contributed by atoms with Crippen molar-refractivity contribution in [1.29, 1.82) is 0 Å². The molecule has 6 nitrogen and oxygen atoms in total. The van der Waals surface area contributed by atoms with E-state index in [0.717, 1.165) is 10.5 Å². The molecule has 0 aromatic heterocycles. The molecule has 2 aromatic carbocycles. The summed E-state index contributed by atoms with van der Waals surface area (Å²) in [5, 5.41) is 9.01. The van der Waals surface area contributed by atoms with E-state index in [1.54, 1.807) is 12.1 Å². The lowest BCUT2D eigenvalue weighted by atomic mass is 10.2. The Hall–Kier alpha value is -1.77. The number of rotatable bonds is 5. The second-order valence-corrected chi connectivity index (χ2v) is 7.40. The van der Waals surface area contributed by atoms with Crippen LogP contribution >= 0.6 is 27.5 Å². The number of hydrogen-bond acceptors (Lipinski definition) is 4. The molecule has 0 aliphatic heterocycles. The van der Waals surface area contributed by atoms with Gasteiger partial charge in [-0.15, -0.1) is 0 Å². The SMILES string of the molecule is COc1cc(NS(=O)(=O)c2ccc(Br)cc2)c(Cl)cc1C(=O)O. The molecule has 122 valence electrons. The molecule has 0 heterocycles. The first kappa shape index (κ1) is 17.6. The lowest BCUT2D eigenvalue weighted by Crippen LogP contribution is -2.14. The molecule has 9 heteroatoms. The maximum Gasteiger partial charge on any atom is 0.339 e. The number of halogens is 2. The van der Waals surface area contributed by atoms with Crippen molar-refractivity contribution in [2.45, 2.75) is 4.90 Å². The zero-order valence-electron chi connectivity index (χ0n) is 11.7. The van der Waals surface area contributed by atoms with Gasteiger partial charge in [0.2, 0.25) is 0 Å². The second-order valence-electron chi connectivity index (χ2n) is 4.40. The van der Waals surface area contributed by atoms with Gasteiger partial charge >= 0.3 is 5.97 Å². The van der Waals surface area contributed by atoms with Crippen LogP contribution in [-0.4, -0.2) is 26.6 Å². The second kappa shape index (κ2) is 6.77. The molecule has 2 N–H and O–H groups in total. The van der Waals surface area contributed by atoms with Gasteiger partial charge in [0, 0.05) is 10.5 Å². The number of nitrogens with one attached hydrogen (secondary N) is 1. The minimum atomic E-state index is -3.87. The highest BCUT2D eigenvalue weighted by Crippen LogP contribution is 2.32. The Bertz CT molecular complexity index is 852. The molecule has 0 saturated heterocycles. The molecule has 0 fully saturated rings. The highest BCUT2D eigenvalue weighted by atomic mass is 79.9. The van der Waals surface area contributed by atoms with Crippen molar-refractivity contribution in [3.63, 3.8) is 0 Å². The van der Waals surface area contributed by atoms with Crippen molar-refractivity contribution in [3.8, 4) is 5.75 Å². The minimum absolute atomic E-state index is 0.00425. The maximum absolute atomic E-state index is 12.3. The van der Waals surface area contributed by atoms with Gasteiger partial charge in [0.25, 0.3) is 10.0 Å². The first-order valence-electron chi connectivity index (χ1n) is 6.14. The molecule has 0 radical (unpaired) electrons. The van der Waals surface area contributed by atoms with E-state index in [9.17, 15) is 13.2 Å². The summed E-state index contributed by atoms with van der Waals surface area (Å²) >= 11 is 9.19. The molecule has 0 saturated carbocycles. The molecule has 2 rings (SSSR count). The van der Waals surface area contributed by atoms with E-state index in [1.165, 1.54) is 25.3 Å². The largest absolute Gasteiger partial charge is 0.496 e. The Labute approximate surface area is 146 Å². The minimum Gasteiger partial charge on any atom is -0.496 e. The van der Waals surface area contributed by atoms with E-state index >= 15 is 0 Å². The van der Waals surface area contributed by atoms with Gasteiger partial charge in [0.05, 0.1) is 22.7 Å². The van der Waals surface area contributed by atoms with E-state index in [2.05, 4.69) is 20.7 Å². The van der Waals surface area contributed by atoms with Gasteiger partial charge < -0.3 is 9.84 Å². The summed E-state index contributed by atoms with van der Waals surface area (Å²) in [6.45, 7) is 0. The van der Waals surface area contributed by atoms with Crippen LogP contribution in [0.2, 0.25) is 5.02 Å². The fourth-order valence-electron chi connectivity index (χ4n) is 1.79. The molecule has 0 aliphatic rings. The number of hydrogen-bond donors (Lipinski definition) is 2. The van der Waals surface area contributed by atoms with Crippen molar-refractivity contribution in [2.75, 3.05) is 11.8 Å². The van der Waals surface area contributed by atoms with Crippen LogP contribution in [0.15, 0.2) is 45.8 Å². The highest BCUT2D eigenvalue weighted by molar-refractivity contribution is 9.10. The maximum atomic E-state index is 12.3. The van der Waals surface area contributed by atoms with Crippen molar-refractivity contribution in [1.82, 2.24) is 0 Å². The third-order valence-corrected chi connectivity index (χ3v) is 5.11. The Kier molecular flexibility index (Phi) is 5.18. The van der Waals surface area contributed by atoms with Crippen LogP contribution in [0, 0.1) is 0 Å². The smallest absolute Gasteiger partial charge is 0.339 e. The van der Waals surface area contributed by atoms with Crippen molar-refractivity contribution >= 4 is 49.2 Å². The Morgan fingerprint density at radius 1 is 1.26 bits per heavy atom. The van der Waals surface area contributed by atoms with Crippen LogP contribution in [0.1, 0.15) is 10.4 Å². The molecular formula is C14H11BrClNO5S. The van der Waals surface area contributed by atoms with Crippen molar-refractivity contribution in [3.05, 3.63) is 51.5 Å². The normalized spacial score (nSPS) is 11.1. The summed E-state index contributed by atoms with van der Waals surface area (Å²) in [6, 6.07) is 8.37. The number of sulfonamides is 1. The van der Waals surface area contributed by atoms with Gasteiger partial charge in [-0.2, -0.15) is 0 Å². The Morgan fingerprint density at radius 3 is 2.39 bits per heavy atom. The van der Waals surface area contributed by atoms with E-state index in [-0.39, 0.29) is 26.9 Å². The van der Waals surface area contributed by atoms with Gasteiger partial charge in [0.15, 0.2) is 0 Å². The standard InChI is InChI=1S/C14H11BrClNO5S/c1-22-13-7-12(11(16)6-10(13)14(18)19)17-23(20,21)9-4-2-8(15)3-5-9/h2-7,17H,1H3,(H,18,19). The lowest BCUT2D eigenvalue weighted by Gasteiger charge is -2.13. The van der Waals surface area contributed by atoms with Crippen LogP contribution < -0.4 is 9.46 Å². The molecule has 2 aromatic rings. The van der Waals surface area contributed by atoms with Crippen LogP contribution in [-0.2, 0) is 10.0 Å². The summed E-state index contributed by atoms with van der Waals surface area (Å²) in [5.74, 6) is -1.23. The first-order valence-corrected chi connectivity index (χ1v) is 8.79. The molecule has 0 unspecified atom stereocenters. The first-order chi connectivity index (χ1) is 10.7. The van der Waals surface area contributed by atoms with E-state index in [1.807, 2.05) is 0 Å². The van der Waals surface area contributed by atoms with E-state index < -0.39 is 16.0 Å². The molecule has 23 heavy (non-hydrogen) atoms. The van der Waals surface area contributed by atoms with E-state index in [0.29, 0.717) is 0 Å². The predicted molar refractivity (Wildman–Crippen MR) is 89.9 cm³/mol. The van der Waals surface area contributed by atoms with Gasteiger partial charge in [-0.1, -0.05) is 27.5 Å². The fourth-order valence-corrected chi connectivity index (χ4v) is 3.39. The molecule has 0 bridgehead atoms. The molecule has 0 aliphatic carbocycles. The predicted octanol–water partition coefficient (Wildman–Crippen LogP) is 3.61. The highest BCUT2D eigenvalue weighted by Gasteiger charge is 2.19. The molecular weight excluding hydrogens is 410 g/mol. The van der Waals surface area contributed by atoms with Crippen LogP contribution in [0.4, 0.5) is 5.69 Å². The van der Waals surface area contributed by atoms with Gasteiger partial charge in [-0.3, -0.25) is 4.72 Å². The number of methoxy groups -OCH3 is 1.